The molecule has 0 amide bonds. The van der Waals surface area contributed by atoms with Crippen LogP contribution in [0.4, 0.5) is 0 Å². The highest BCUT2D eigenvalue weighted by Gasteiger charge is 2.14. The summed E-state index contributed by atoms with van der Waals surface area (Å²) < 4.78 is 12.4. The smallest absolute Gasteiger partial charge is 0.175 e. The van der Waals surface area contributed by atoms with Crippen LogP contribution in [0.5, 0.6) is 11.5 Å². The Morgan fingerprint density at radius 3 is 2.59 bits per heavy atom. The third-order valence-electron chi connectivity index (χ3n) is 5.02. The molecule has 1 heterocycles. The predicted molar refractivity (Wildman–Crippen MR) is 133 cm³/mol. The lowest BCUT2D eigenvalue weighted by molar-refractivity contribution is 0.282. The second kappa shape index (κ2) is 10.6. The normalized spacial score (nSPS) is 11.1. The van der Waals surface area contributed by atoms with Gasteiger partial charge in [0.2, 0.25) is 0 Å². The number of fused-ring (bicyclic) bond motifs is 1. The minimum atomic E-state index is 0.239. The topological polar surface area (TPSA) is 59.2 Å². The lowest BCUT2D eigenvalue weighted by Crippen LogP contribution is -2.17. The van der Waals surface area contributed by atoms with Crippen molar-refractivity contribution >= 4 is 50.2 Å². The number of H-pyrrole nitrogens is 1. The van der Waals surface area contributed by atoms with Crippen molar-refractivity contribution in [2.45, 2.75) is 19.6 Å². The number of aromatic amines is 1. The number of ether oxygens (including phenoxy) is 2. The number of para-hydroxylation sites is 2. The van der Waals surface area contributed by atoms with Gasteiger partial charge in [0.05, 0.1) is 22.6 Å². The number of nitrogens with one attached hydrogen (secondary N) is 2. The Balaban J connectivity index is 1.37. The molecule has 0 spiro atoms. The summed E-state index contributed by atoms with van der Waals surface area (Å²) in [5.41, 5.74) is 3.86. The highest BCUT2D eigenvalue weighted by atomic mass is 79.9. The number of imidazole rings is 1. The van der Waals surface area contributed by atoms with Crippen LogP contribution < -0.4 is 14.8 Å². The number of hydrogen-bond donors (Lipinski definition) is 2. The standard InChI is InChI=1S/C24H22BrCl2N3O2/c1-31-22-12-15(13-28-10-9-23-29-20-7-2-3-8-21(20)30-23)11-17(25)24(22)32-14-16-18(26)5-4-6-19(16)27/h2-8,11-12,28H,9-10,13-14H2,1H3,(H,29,30). The van der Waals surface area contributed by atoms with E-state index >= 15 is 0 Å². The zero-order valence-electron chi connectivity index (χ0n) is 17.4. The van der Waals surface area contributed by atoms with E-state index in [1.54, 1.807) is 25.3 Å². The lowest BCUT2D eigenvalue weighted by atomic mass is 10.2. The molecule has 2 N–H and O–H groups in total. The van der Waals surface area contributed by atoms with Crippen molar-refractivity contribution in [3.8, 4) is 11.5 Å². The Labute approximate surface area is 205 Å². The quantitative estimate of drug-likeness (QED) is 0.239. The largest absolute Gasteiger partial charge is 0.493 e. The third kappa shape index (κ3) is 5.38. The second-order valence-corrected chi connectivity index (χ2v) is 8.89. The molecule has 0 unspecified atom stereocenters. The van der Waals surface area contributed by atoms with E-state index in [0.717, 1.165) is 45.4 Å². The van der Waals surface area contributed by atoms with Gasteiger partial charge in [-0.25, -0.2) is 4.98 Å². The van der Waals surface area contributed by atoms with Crippen molar-refractivity contribution in [2.75, 3.05) is 13.7 Å². The minimum absolute atomic E-state index is 0.239. The second-order valence-electron chi connectivity index (χ2n) is 7.23. The monoisotopic (exact) mass is 533 g/mol. The maximum atomic E-state index is 6.25. The van der Waals surface area contributed by atoms with Crippen LogP contribution in [0.25, 0.3) is 11.0 Å². The molecule has 0 saturated carbocycles. The molecular weight excluding hydrogens is 513 g/mol. The molecule has 32 heavy (non-hydrogen) atoms. The number of hydrogen-bond acceptors (Lipinski definition) is 4. The summed E-state index contributed by atoms with van der Waals surface area (Å²) in [6.45, 7) is 1.72. The van der Waals surface area contributed by atoms with Gasteiger partial charge in [0.1, 0.15) is 12.4 Å². The Hall–Kier alpha value is -2.25. The molecule has 0 fully saturated rings. The number of halogens is 3. The minimum Gasteiger partial charge on any atom is -0.493 e. The van der Waals surface area contributed by atoms with E-state index < -0.39 is 0 Å². The van der Waals surface area contributed by atoms with Gasteiger partial charge in [-0.3, -0.25) is 0 Å². The van der Waals surface area contributed by atoms with Crippen LogP contribution in [-0.4, -0.2) is 23.6 Å². The van der Waals surface area contributed by atoms with Crippen molar-refractivity contribution < 1.29 is 9.47 Å². The van der Waals surface area contributed by atoms with Crippen LogP contribution in [-0.2, 0) is 19.6 Å². The fourth-order valence-electron chi connectivity index (χ4n) is 3.39. The van der Waals surface area contributed by atoms with Gasteiger partial charge in [-0.1, -0.05) is 41.4 Å². The first kappa shape index (κ1) is 22.9. The van der Waals surface area contributed by atoms with Crippen LogP contribution in [0.1, 0.15) is 17.0 Å². The summed E-state index contributed by atoms with van der Waals surface area (Å²) >= 11 is 16.1. The number of nitrogens with zero attached hydrogens (tertiary/aromatic N) is 1. The first-order chi connectivity index (χ1) is 15.5. The summed E-state index contributed by atoms with van der Waals surface area (Å²) in [7, 11) is 1.62. The summed E-state index contributed by atoms with van der Waals surface area (Å²) in [6, 6.07) is 17.4. The third-order valence-corrected chi connectivity index (χ3v) is 6.32. The van der Waals surface area contributed by atoms with Gasteiger partial charge in [0.25, 0.3) is 0 Å². The van der Waals surface area contributed by atoms with Crippen molar-refractivity contribution in [1.82, 2.24) is 15.3 Å². The Morgan fingerprint density at radius 1 is 1.06 bits per heavy atom. The van der Waals surface area contributed by atoms with Gasteiger partial charge in [-0.15, -0.1) is 0 Å². The predicted octanol–water partition coefficient (Wildman–Crippen LogP) is 6.55. The van der Waals surface area contributed by atoms with E-state index in [4.69, 9.17) is 32.7 Å². The molecule has 8 heteroatoms. The molecule has 166 valence electrons. The SMILES string of the molecule is COc1cc(CNCCc2nc3ccccc3[nH]2)cc(Br)c1OCc1c(Cl)cccc1Cl. The summed E-state index contributed by atoms with van der Waals surface area (Å²) in [5, 5.41) is 4.59. The molecule has 0 aliphatic heterocycles. The first-order valence-corrected chi connectivity index (χ1v) is 11.7. The van der Waals surface area contributed by atoms with Crippen LogP contribution in [0.15, 0.2) is 59.1 Å². The van der Waals surface area contributed by atoms with Gasteiger partial charge in [-0.05, 0) is 57.9 Å². The van der Waals surface area contributed by atoms with Gasteiger partial charge in [0.15, 0.2) is 11.5 Å². The number of methoxy groups -OCH3 is 1. The average molecular weight is 535 g/mol. The van der Waals surface area contributed by atoms with Gasteiger partial charge in [0, 0.05) is 35.1 Å². The molecule has 0 atom stereocenters. The summed E-state index contributed by atoms with van der Waals surface area (Å²) in [6.07, 6.45) is 0.812. The summed E-state index contributed by atoms with van der Waals surface area (Å²) in [4.78, 5) is 7.96. The molecule has 0 radical (unpaired) electrons. The molecule has 3 aromatic carbocycles. The van der Waals surface area contributed by atoms with Crippen molar-refractivity contribution in [1.29, 1.82) is 0 Å². The van der Waals surface area contributed by atoms with Crippen molar-refractivity contribution in [3.05, 3.63) is 86.1 Å². The zero-order valence-corrected chi connectivity index (χ0v) is 20.5. The van der Waals surface area contributed by atoms with Crippen LogP contribution in [0.2, 0.25) is 10.0 Å². The lowest BCUT2D eigenvalue weighted by Gasteiger charge is -2.16. The number of aromatic nitrogens is 2. The molecule has 0 saturated heterocycles. The highest BCUT2D eigenvalue weighted by Crippen LogP contribution is 2.38. The van der Waals surface area contributed by atoms with E-state index in [2.05, 4.69) is 31.2 Å². The van der Waals surface area contributed by atoms with E-state index in [1.807, 2.05) is 36.4 Å². The van der Waals surface area contributed by atoms with Crippen LogP contribution in [0.3, 0.4) is 0 Å². The zero-order chi connectivity index (χ0) is 22.5. The average Bonchev–Trinajstić information content (AvgIpc) is 3.20. The summed E-state index contributed by atoms with van der Waals surface area (Å²) in [5.74, 6) is 2.21. The van der Waals surface area contributed by atoms with E-state index in [1.165, 1.54) is 0 Å². The molecule has 0 bridgehead atoms. The number of benzene rings is 3. The van der Waals surface area contributed by atoms with Crippen molar-refractivity contribution in [2.24, 2.45) is 0 Å². The van der Waals surface area contributed by atoms with E-state index in [9.17, 15) is 0 Å². The fourth-order valence-corrected chi connectivity index (χ4v) is 4.50. The molecular formula is C24H22BrCl2N3O2. The molecule has 0 aliphatic carbocycles. The molecule has 0 aliphatic rings. The highest BCUT2D eigenvalue weighted by molar-refractivity contribution is 9.10. The molecule has 4 aromatic rings. The molecule has 1 aromatic heterocycles. The maximum Gasteiger partial charge on any atom is 0.175 e. The Kier molecular flexibility index (Phi) is 7.58. The maximum absolute atomic E-state index is 6.25. The van der Waals surface area contributed by atoms with E-state index in [-0.39, 0.29) is 6.61 Å². The first-order valence-electron chi connectivity index (χ1n) is 10.1. The van der Waals surface area contributed by atoms with Crippen molar-refractivity contribution in [3.63, 3.8) is 0 Å². The van der Waals surface area contributed by atoms with Crippen LogP contribution >= 0.6 is 39.1 Å². The van der Waals surface area contributed by atoms with Gasteiger partial charge < -0.3 is 19.8 Å². The fraction of sp³-hybridized carbons (Fsp3) is 0.208. The number of rotatable bonds is 9. The van der Waals surface area contributed by atoms with Crippen LogP contribution in [0, 0.1) is 0 Å². The van der Waals surface area contributed by atoms with Gasteiger partial charge in [-0.2, -0.15) is 0 Å². The Morgan fingerprint density at radius 2 is 1.84 bits per heavy atom. The molecule has 5 nitrogen and oxygen atoms in total. The molecule has 4 rings (SSSR count). The van der Waals surface area contributed by atoms with E-state index in [0.29, 0.717) is 28.1 Å². The van der Waals surface area contributed by atoms with Gasteiger partial charge >= 0.3 is 0 Å². The Bertz CT molecular complexity index is 1180.